The minimum Gasteiger partial charge on any atom is -0.392 e. The molecule has 0 atom stereocenters. The predicted molar refractivity (Wildman–Crippen MR) is 63.4 cm³/mol. The number of thiocarbonyl (C=S) groups is 1. The lowest BCUT2D eigenvalue weighted by Crippen LogP contribution is -2.32. The second-order valence-electron chi connectivity index (χ2n) is 3.32. The summed E-state index contributed by atoms with van der Waals surface area (Å²) in [6, 6.07) is 3.39. The van der Waals surface area contributed by atoms with Crippen LogP contribution in [-0.4, -0.2) is 20.0 Å². The Morgan fingerprint density at radius 3 is 2.50 bits per heavy atom. The summed E-state index contributed by atoms with van der Waals surface area (Å²) < 4.78 is 62.5. The molecule has 0 aromatic heterocycles. The van der Waals surface area contributed by atoms with Gasteiger partial charge in [-0.25, -0.2) is 13.1 Å². The number of benzene rings is 1. The molecule has 4 nitrogen and oxygen atoms in total. The van der Waals surface area contributed by atoms with E-state index in [1.54, 1.807) is 0 Å². The van der Waals surface area contributed by atoms with Gasteiger partial charge in [0.15, 0.2) is 0 Å². The van der Waals surface area contributed by atoms with Crippen molar-refractivity contribution < 1.29 is 21.6 Å². The molecule has 100 valence electrons. The summed E-state index contributed by atoms with van der Waals surface area (Å²) in [6.07, 6.45) is -4.60. The Labute approximate surface area is 107 Å². The lowest BCUT2D eigenvalue weighted by atomic mass is 10.2. The molecule has 0 amide bonds. The molecule has 1 aromatic carbocycles. The third-order valence-electron chi connectivity index (χ3n) is 1.91. The molecule has 0 aliphatic carbocycles. The van der Waals surface area contributed by atoms with Crippen molar-refractivity contribution in [2.24, 2.45) is 5.73 Å². The van der Waals surface area contributed by atoms with Crippen LogP contribution >= 0.6 is 12.2 Å². The van der Waals surface area contributed by atoms with Gasteiger partial charge in [0.2, 0.25) is 10.0 Å². The van der Waals surface area contributed by atoms with Gasteiger partial charge in [0.25, 0.3) is 0 Å². The van der Waals surface area contributed by atoms with Gasteiger partial charge in [-0.2, -0.15) is 13.2 Å². The van der Waals surface area contributed by atoms with Gasteiger partial charge >= 0.3 is 6.18 Å². The van der Waals surface area contributed by atoms with Gasteiger partial charge in [0, 0.05) is 0 Å². The van der Waals surface area contributed by atoms with E-state index in [1.165, 1.54) is 0 Å². The molecular formula is C9H9F3N2O2S2. The van der Waals surface area contributed by atoms with Crippen LogP contribution < -0.4 is 10.5 Å². The maximum atomic E-state index is 12.4. The maximum absolute atomic E-state index is 12.4. The van der Waals surface area contributed by atoms with E-state index < -0.39 is 26.7 Å². The molecule has 0 saturated carbocycles. The third kappa shape index (κ3) is 3.93. The number of nitrogens with two attached hydrogens (primary N) is 1. The summed E-state index contributed by atoms with van der Waals surface area (Å²) in [5, 5.41) is 0. The number of hydrogen-bond acceptors (Lipinski definition) is 3. The fraction of sp³-hybridized carbons (Fsp3) is 0.222. The van der Waals surface area contributed by atoms with Crippen LogP contribution in [0.2, 0.25) is 0 Å². The molecule has 0 spiro atoms. The summed E-state index contributed by atoms with van der Waals surface area (Å²) in [5.41, 5.74) is 4.06. The molecule has 9 heteroatoms. The van der Waals surface area contributed by atoms with Crippen LogP contribution in [0.4, 0.5) is 13.2 Å². The topological polar surface area (TPSA) is 72.2 Å². The summed E-state index contributed by atoms with van der Waals surface area (Å²) in [4.78, 5) is -0.598. The quantitative estimate of drug-likeness (QED) is 0.821. The zero-order chi connectivity index (χ0) is 14.0. The Morgan fingerprint density at radius 1 is 1.39 bits per heavy atom. The molecule has 18 heavy (non-hydrogen) atoms. The van der Waals surface area contributed by atoms with Gasteiger partial charge in [-0.15, -0.1) is 0 Å². The van der Waals surface area contributed by atoms with E-state index in [-0.39, 0.29) is 11.5 Å². The largest absolute Gasteiger partial charge is 0.416 e. The van der Waals surface area contributed by atoms with Crippen molar-refractivity contribution in [1.29, 1.82) is 0 Å². The summed E-state index contributed by atoms with van der Waals surface area (Å²) in [6.45, 7) is -0.312. The van der Waals surface area contributed by atoms with E-state index >= 15 is 0 Å². The van der Waals surface area contributed by atoms with E-state index in [1.807, 2.05) is 4.72 Å². The Bertz CT molecular complexity index is 555. The molecule has 0 radical (unpaired) electrons. The van der Waals surface area contributed by atoms with Gasteiger partial charge < -0.3 is 5.73 Å². The molecule has 0 fully saturated rings. The molecule has 1 rings (SSSR count). The van der Waals surface area contributed by atoms with E-state index in [0.717, 1.165) is 18.2 Å². The van der Waals surface area contributed by atoms with Crippen molar-refractivity contribution in [3.8, 4) is 0 Å². The smallest absolute Gasteiger partial charge is 0.392 e. The van der Waals surface area contributed by atoms with Crippen LogP contribution in [0, 0.1) is 0 Å². The Balaban J connectivity index is 3.07. The van der Waals surface area contributed by atoms with Gasteiger partial charge in [-0.1, -0.05) is 18.3 Å². The zero-order valence-corrected chi connectivity index (χ0v) is 10.5. The standard InChI is InChI=1S/C9H9F3N2O2S2/c10-9(11,12)6-2-1-3-7(4-6)18(15,16)14-5-8(13)17/h1-4,14H,5H2,(H2,13,17). The SMILES string of the molecule is NC(=S)CNS(=O)(=O)c1cccc(C(F)(F)F)c1. The molecular weight excluding hydrogens is 289 g/mol. The summed E-state index contributed by atoms with van der Waals surface area (Å²) >= 11 is 4.47. The first kappa shape index (κ1) is 14.9. The Hall–Kier alpha value is -1.19. The van der Waals surface area contributed by atoms with Crippen LogP contribution in [-0.2, 0) is 16.2 Å². The Morgan fingerprint density at radius 2 is 2.00 bits per heavy atom. The normalized spacial score (nSPS) is 12.4. The molecule has 0 heterocycles. The van der Waals surface area contributed by atoms with E-state index in [2.05, 4.69) is 12.2 Å². The average molecular weight is 298 g/mol. The number of alkyl halides is 3. The van der Waals surface area contributed by atoms with Crippen molar-refractivity contribution in [2.75, 3.05) is 6.54 Å². The van der Waals surface area contributed by atoms with Crippen LogP contribution in [0.25, 0.3) is 0 Å². The van der Waals surface area contributed by atoms with Crippen LogP contribution in [0.15, 0.2) is 29.2 Å². The van der Waals surface area contributed by atoms with Crippen molar-refractivity contribution in [1.82, 2.24) is 4.72 Å². The molecule has 0 aliphatic heterocycles. The van der Waals surface area contributed by atoms with Gasteiger partial charge in [0.05, 0.1) is 22.0 Å². The van der Waals surface area contributed by atoms with Crippen molar-refractivity contribution in [3.05, 3.63) is 29.8 Å². The van der Waals surface area contributed by atoms with E-state index in [9.17, 15) is 21.6 Å². The van der Waals surface area contributed by atoms with Gasteiger partial charge in [-0.05, 0) is 18.2 Å². The highest BCUT2D eigenvalue weighted by Gasteiger charge is 2.31. The molecule has 0 saturated heterocycles. The molecule has 0 bridgehead atoms. The minimum absolute atomic E-state index is 0.106. The summed E-state index contributed by atoms with van der Waals surface area (Å²) in [7, 11) is -4.06. The monoisotopic (exact) mass is 298 g/mol. The fourth-order valence-electron chi connectivity index (χ4n) is 1.09. The fourth-order valence-corrected chi connectivity index (χ4v) is 2.30. The van der Waals surface area contributed by atoms with Gasteiger partial charge in [-0.3, -0.25) is 0 Å². The van der Waals surface area contributed by atoms with Gasteiger partial charge in [0.1, 0.15) is 0 Å². The highest BCUT2D eigenvalue weighted by molar-refractivity contribution is 7.89. The minimum atomic E-state index is -4.60. The Kier molecular flexibility index (Phi) is 4.30. The first-order chi connectivity index (χ1) is 8.13. The van der Waals surface area contributed by atoms with Crippen molar-refractivity contribution in [3.63, 3.8) is 0 Å². The van der Waals surface area contributed by atoms with Crippen molar-refractivity contribution in [2.45, 2.75) is 11.1 Å². The lowest BCUT2D eigenvalue weighted by molar-refractivity contribution is -0.137. The predicted octanol–water partition coefficient (Wildman–Crippen LogP) is 1.27. The lowest BCUT2D eigenvalue weighted by Gasteiger charge is -2.09. The first-order valence-electron chi connectivity index (χ1n) is 4.58. The maximum Gasteiger partial charge on any atom is 0.416 e. The summed E-state index contributed by atoms with van der Waals surface area (Å²) in [5.74, 6) is 0. The second-order valence-corrected chi connectivity index (χ2v) is 5.61. The first-order valence-corrected chi connectivity index (χ1v) is 6.47. The number of halogens is 3. The van der Waals surface area contributed by atoms with Crippen molar-refractivity contribution >= 4 is 27.2 Å². The highest BCUT2D eigenvalue weighted by Crippen LogP contribution is 2.30. The molecule has 0 unspecified atom stereocenters. The molecule has 0 aliphatic rings. The van der Waals surface area contributed by atoms with E-state index in [0.29, 0.717) is 6.07 Å². The molecule has 3 N–H and O–H groups in total. The second kappa shape index (κ2) is 5.21. The number of rotatable bonds is 4. The average Bonchev–Trinajstić information content (AvgIpc) is 2.26. The third-order valence-corrected chi connectivity index (χ3v) is 3.45. The van der Waals surface area contributed by atoms with Crippen LogP contribution in [0.5, 0.6) is 0 Å². The zero-order valence-electron chi connectivity index (χ0n) is 8.86. The number of sulfonamides is 1. The molecule has 1 aromatic rings. The van der Waals surface area contributed by atoms with Crippen LogP contribution in [0.3, 0.4) is 0 Å². The van der Waals surface area contributed by atoms with Crippen LogP contribution in [0.1, 0.15) is 5.56 Å². The highest BCUT2D eigenvalue weighted by atomic mass is 32.2. The number of nitrogens with one attached hydrogen (secondary N) is 1. The van der Waals surface area contributed by atoms with E-state index in [4.69, 9.17) is 5.73 Å². The number of hydrogen-bond donors (Lipinski definition) is 2.